The Bertz CT molecular complexity index is 538. The van der Waals surface area contributed by atoms with Crippen LogP contribution < -0.4 is 5.32 Å². The maximum atomic E-state index is 12.6. The maximum Gasteiger partial charge on any atom is 0.319 e. The van der Waals surface area contributed by atoms with E-state index in [9.17, 15) is 8.78 Å². The number of imidazole rings is 1. The van der Waals surface area contributed by atoms with Crippen molar-refractivity contribution in [2.24, 2.45) is 0 Å². The Morgan fingerprint density at radius 2 is 2.05 bits per heavy atom. The minimum absolute atomic E-state index is 0.186. The van der Waals surface area contributed by atoms with Crippen molar-refractivity contribution < 1.29 is 8.78 Å². The SMILES string of the molecule is CC(C)c1nccc(NCc2nccn2C(F)F)n1. The van der Waals surface area contributed by atoms with Gasteiger partial charge in [0.05, 0.1) is 6.54 Å². The average Bonchev–Trinajstić information content (AvgIpc) is 2.85. The Balaban J connectivity index is 2.06. The van der Waals surface area contributed by atoms with Gasteiger partial charge in [-0.05, 0) is 6.07 Å². The van der Waals surface area contributed by atoms with Gasteiger partial charge in [0, 0.05) is 24.5 Å². The van der Waals surface area contributed by atoms with Crippen molar-refractivity contribution in [3.05, 3.63) is 36.3 Å². The Kier molecular flexibility index (Phi) is 4.03. The van der Waals surface area contributed by atoms with Crippen LogP contribution in [0.25, 0.3) is 0 Å². The summed E-state index contributed by atoms with van der Waals surface area (Å²) in [6, 6.07) is 1.70. The van der Waals surface area contributed by atoms with Crippen LogP contribution in [-0.4, -0.2) is 19.5 Å². The van der Waals surface area contributed by atoms with Crippen LogP contribution in [0, 0.1) is 0 Å². The topological polar surface area (TPSA) is 55.6 Å². The molecule has 0 spiro atoms. The summed E-state index contributed by atoms with van der Waals surface area (Å²) in [6.07, 6.45) is 4.24. The monoisotopic (exact) mass is 267 g/mol. The highest BCUT2D eigenvalue weighted by atomic mass is 19.3. The van der Waals surface area contributed by atoms with Crippen LogP contribution in [-0.2, 0) is 6.54 Å². The van der Waals surface area contributed by atoms with Crippen LogP contribution >= 0.6 is 0 Å². The van der Waals surface area contributed by atoms with Crippen molar-refractivity contribution in [2.75, 3.05) is 5.32 Å². The third kappa shape index (κ3) is 3.24. The molecule has 0 fully saturated rings. The van der Waals surface area contributed by atoms with Crippen molar-refractivity contribution in [3.8, 4) is 0 Å². The fraction of sp³-hybridized carbons (Fsp3) is 0.417. The minimum Gasteiger partial charge on any atom is -0.363 e. The third-order valence-electron chi connectivity index (χ3n) is 2.58. The van der Waals surface area contributed by atoms with E-state index in [0.717, 1.165) is 4.57 Å². The molecule has 0 saturated heterocycles. The fourth-order valence-corrected chi connectivity index (χ4v) is 1.58. The molecule has 1 N–H and O–H groups in total. The van der Waals surface area contributed by atoms with Gasteiger partial charge in [0.25, 0.3) is 0 Å². The van der Waals surface area contributed by atoms with Crippen LogP contribution in [0.4, 0.5) is 14.6 Å². The van der Waals surface area contributed by atoms with Crippen molar-refractivity contribution in [1.82, 2.24) is 19.5 Å². The number of nitrogens with one attached hydrogen (secondary N) is 1. The zero-order valence-electron chi connectivity index (χ0n) is 10.7. The number of rotatable bonds is 5. The van der Waals surface area contributed by atoms with E-state index >= 15 is 0 Å². The lowest BCUT2D eigenvalue weighted by atomic mass is 10.2. The van der Waals surface area contributed by atoms with Gasteiger partial charge in [-0.15, -0.1) is 0 Å². The summed E-state index contributed by atoms with van der Waals surface area (Å²) in [7, 11) is 0. The Morgan fingerprint density at radius 1 is 1.26 bits per heavy atom. The van der Waals surface area contributed by atoms with Crippen LogP contribution in [0.3, 0.4) is 0 Å². The van der Waals surface area contributed by atoms with Gasteiger partial charge >= 0.3 is 6.55 Å². The number of nitrogens with zero attached hydrogens (tertiary/aromatic N) is 4. The molecule has 2 aromatic rings. The van der Waals surface area contributed by atoms with Crippen molar-refractivity contribution >= 4 is 5.82 Å². The summed E-state index contributed by atoms with van der Waals surface area (Å²) in [6.45, 7) is 1.58. The smallest absolute Gasteiger partial charge is 0.319 e. The summed E-state index contributed by atoms with van der Waals surface area (Å²) in [5, 5.41) is 2.97. The molecule has 0 saturated carbocycles. The van der Waals surface area contributed by atoms with Gasteiger partial charge < -0.3 is 5.32 Å². The molecule has 0 unspecified atom stereocenters. The van der Waals surface area contributed by atoms with E-state index in [1.54, 1.807) is 12.3 Å². The fourth-order valence-electron chi connectivity index (χ4n) is 1.58. The molecule has 5 nitrogen and oxygen atoms in total. The summed E-state index contributed by atoms with van der Waals surface area (Å²) in [5.74, 6) is 1.79. The molecule has 0 aliphatic heterocycles. The van der Waals surface area contributed by atoms with Gasteiger partial charge in [0.1, 0.15) is 17.5 Å². The zero-order chi connectivity index (χ0) is 13.8. The lowest BCUT2D eigenvalue weighted by Crippen LogP contribution is -2.10. The molecular formula is C12H15F2N5. The molecule has 2 rings (SSSR count). The third-order valence-corrected chi connectivity index (χ3v) is 2.58. The van der Waals surface area contributed by atoms with Crippen LogP contribution in [0.15, 0.2) is 24.7 Å². The van der Waals surface area contributed by atoms with E-state index in [-0.39, 0.29) is 18.3 Å². The first-order valence-corrected chi connectivity index (χ1v) is 5.94. The second-order valence-corrected chi connectivity index (χ2v) is 4.34. The predicted octanol–water partition coefficient (Wildman–Crippen LogP) is 2.80. The number of hydrogen-bond donors (Lipinski definition) is 1. The number of aromatic nitrogens is 4. The van der Waals surface area contributed by atoms with Crippen molar-refractivity contribution in [1.29, 1.82) is 0 Å². The summed E-state index contributed by atoms with van der Waals surface area (Å²) >= 11 is 0. The summed E-state index contributed by atoms with van der Waals surface area (Å²) < 4.78 is 26.1. The average molecular weight is 267 g/mol. The van der Waals surface area contributed by atoms with Gasteiger partial charge in [0.15, 0.2) is 0 Å². The Hall–Kier alpha value is -2.05. The second-order valence-electron chi connectivity index (χ2n) is 4.34. The molecule has 0 bridgehead atoms. The lowest BCUT2D eigenvalue weighted by molar-refractivity contribution is 0.0673. The molecule has 2 aromatic heterocycles. The minimum atomic E-state index is -2.59. The molecule has 7 heteroatoms. The maximum absolute atomic E-state index is 12.6. The van der Waals surface area contributed by atoms with Crippen LogP contribution in [0.1, 0.15) is 38.0 Å². The normalized spacial score (nSPS) is 11.3. The van der Waals surface area contributed by atoms with E-state index in [4.69, 9.17) is 0 Å². The quantitative estimate of drug-likeness (QED) is 0.905. The zero-order valence-corrected chi connectivity index (χ0v) is 10.7. The van der Waals surface area contributed by atoms with Gasteiger partial charge in [-0.1, -0.05) is 13.8 Å². The number of anilines is 1. The van der Waals surface area contributed by atoms with Crippen molar-refractivity contribution in [3.63, 3.8) is 0 Å². The summed E-state index contributed by atoms with van der Waals surface area (Å²) in [4.78, 5) is 12.3. The molecule has 0 radical (unpaired) electrons. The van der Waals surface area contributed by atoms with Crippen LogP contribution in [0.5, 0.6) is 0 Å². The van der Waals surface area contributed by atoms with Gasteiger partial charge in [-0.2, -0.15) is 8.78 Å². The largest absolute Gasteiger partial charge is 0.363 e. The highest BCUT2D eigenvalue weighted by Gasteiger charge is 2.11. The standard InChI is InChI=1S/C12H15F2N5/c1-8(2)11-16-4-3-9(18-11)17-7-10-15-5-6-19(10)12(13)14/h3-6,8,12H,7H2,1-2H3,(H,16,17,18). The van der Waals surface area contributed by atoms with Gasteiger partial charge in [0.2, 0.25) is 0 Å². The molecule has 19 heavy (non-hydrogen) atoms. The molecule has 0 atom stereocenters. The van der Waals surface area contributed by atoms with Crippen LogP contribution in [0.2, 0.25) is 0 Å². The van der Waals surface area contributed by atoms with E-state index in [1.165, 1.54) is 12.4 Å². The highest BCUT2D eigenvalue weighted by molar-refractivity contribution is 5.33. The van der Waals surface area contributed by atoms with Gasteiger partial charge in [-0.25, -0.2) is 15.0 Å². The second kappa shape index (κ2) is 5.73. The Labute approximate surface area is 109 Å². The van der Waals surface area contributed by atoms with E-state index in [2.05, 4.69) is 20.3 Å². The molecule has 2 heterocycles. The number of hydrogen-bond acceptors (Lipinski definition) is 4. The molecule has 0 amide bonds. The van der Waals surface area contributed by atoms with E-state index < -0.39 is 6.55 Å². The lowest BCUT2D eigenvalue weighted by Gasteiger charge is -2.09. The Morgan fingerprint density at radius 3 is 2.74 bits per heavy atom. The molecule has 0 aliphatic rings. The predicted molar refractivity (Wildman–Crippen MR) is 66.9 cm³/mol. The first-order chi connectivity index (χ1) is 9.08. The first kappa shape index (κ1) is 13.4. The molecule has 0 aliphatic carbocycles. The molecule has 102 valence electrons. The summed E-state index contributed by atoms with van der Waals surface area (Å²) in [5.41, 5.74) is 0. The first-order valence-electron chi connectivity index (χ1n) is 5.94. The van der Waals surface area contributed by atoms with E-state index in [1.807, 2.05) is 13.8 Å². The highest BCUT2D eigenvalue weighted by Crippen LogP contribution is 2.14. The van der Waals surface area contributed by atoms with Crippen molar-refractivity contribution in [2.45, 2.75) is 32.9 Å². The number of alkyl halides is 2. The van der Waals surface area contributed by atoms with Gasteiger partial charge in [-0.3, -0.25) is 4.57 Å². The molecular weight excluding hydrogens is 252 g/mol. The number of halogens is 2. The van der Waals surface area contributed by atoms with E-state index in [0.29, 0.717) is 11.6 Å². The molecule has 0 aromatic carbocycles.